The molecule has 0 aliphatic rings. The summed E-state index contributed by atoms with van der Waals surface area (Å²) in [6, 6.07) is 7.09. The van der Waals surface area contributed by atoms with Gasteiger partial charge in [-0.2, -0.15) is 0 Å². The molecule has 0 heterocycles. The second kappa shape index (κ2) is 14.0. The summed E-state index contributed by atoms with van der Waals surface area (Å²) in [5.41, 5.74) is 1.17. The first-order valence-corrected chi connectivity index (χ1v) is 6.37. The number of rotatable bonds is 2. The first-order chi connectivity index (χ1) is 7.62. The third kappa shape index (κ3) is 15.5. The van der Waals surface area contributed by atoms with Crippen molar-refractivity contribution in [3.8, 4) is 5.75 Å². The largest absolute Gasteiger partial charge is 0.508 e. The molecule has 0 aliphatic carbocycles. The highest BCUT2D eigenvalue weighted by Gasteiger charge is 1.82. The van der Waals surface area contributed by atoms with E-state index in [2.05, 4.69) is 27.7 Å². The molecule has 0 radical (unpaired) electrons. The average molecular weight is 224 g/mol. The minimum atomic E-state index is 0.329. The Hall–Kier alpha value is -0.980. The maximum atomic E-state index is 8.76. The predicted octanol–water partition coefficient (Wildman–Crippen LogP) is 5.31. The van der Waals surface area contributed by atoms with Gasteiger partial charge < -0.3 is 5.11 Å². The number of phenols is 1. The van der Waals surface area contributed by atoms with Crippen LogP contribution in [0.5, 0.6) is 5.75 Å². The number of hydrogen-bond acceptors (Lipinski definition) is 1. The third-order valence-electron chi connectivity index (χ3n) is 2.03. The summed E-state index contributed by atoms with van der Waals surface area (Å²) in [6.45, 7) is 10.7. The Balaban J connectivity index is 0. The second-order valence-corrected chi connectivity index (χ2v) is 3.84. The highest BCUT2D eigenvalue weighted by atomic mass is 16.3. The van der Waals surface area contributed by atoms with Crippen LogP contribution in [-0.2, 0) is 0 Å². The molecular weight excluding hydrogens is 196 g/mol. The lowest BCUT2D eigenvalue weighted by Crippen LogP contribution is -1.66. The van der Waals surface area contributed by atoms with Crippen LogP contribution < -0.4 is 0 Å². The van der Waals surface area contributed by atoms with E-state index in [0.717, 1.165) is 0 Å². The highest BCUT2D eigenvalue weighted by molar-refractivity contribution is 5.24. The van der Waals surface area contributed by atoms with Crippen LogP contribution in [0.4, 0.5) is 0 Å². The Morgan fingerprint density at radius 3 is 1.25 bits per heavy atom. The highest BCUT2D eigenvalue weighted by Crippen LogP contribution is 2.07. The van der Waals surface area contributed by atoms with Crippen LogP contribution in [0, 0.1) is 6.92 Å². The minimum Gasteiger partial charge on any atom is -0.508 e. The van der Waals surface area contributed by atoms with Crippen molar-refractivity contribution in [3.05, 3.63) is 29.8 Å². The van der Waals surface area contributed by atoms with Gasteiger partial charge in [-0.25, -0.2) is 0 Å². The maximum absolute atomic E-state index is 8.76. The molecule has 1 heteroatoms. The molecule has 0 bridgehead atoms. The number of phenolic OH excluding ortho intramolecular Hbond substituents is 1. The standard InChI is InChI=1S/C7H8O.2C4H10/c1-6-2-4-7(8)5-3-6;2*1-3-4-2/h2-5,8H,1H3;2*3-4H2,1-2H3. The van der Waals surface area contributed by atoms with E-state index in [9.17, 15) is 0 Å². The van der Waals surface area contributed by atoms with E-state index in [0.29, 0.717) is 5.75 Å². The Morgan fingerprint density at radius 1 is 0.750 bits per heavy atom. The van der Waals surface area contributed by atoms with Crippen molar-refractivity contribution in [1.29, 1.82) is 0 Å². The smallest absolute Gasteiger partial charge is 0.115 e. The summed E-state index contributed by atoms with van der Waals surface area (Å²) in [6.07, 6.45) is 5.28. The number of aryl methyl sites for hydroxylation is 1. The molecule has 0 aromatic heterocycles. The molecule has 0 spiro atoms. The van der Waals surface area contributed by atoms with Crippen LogP contribution in [0.3, 0.4) is 0 Å². The van der Waals surface area contributed by atoms with Crippen molar-refractivity contribution >= 4 is 0 Å². The Morgan fingerprint density at radius 2 is 1.06 bits per heavy atom. The van der Waals surface area contributed by atoms with Crippen LogP contribution in [-0.4, -0.2) is 5.11 Å². The monoisotopic (exact) mass is 224 g/mol. The fourth-order valence-electron chi connectivity index (χ4n) is 0.545. The lowest BCUT2D eigenvalue weighted by atomic mass is 10.2. The normalized spacial score (nSPS) is 8.31. The molecule has 94 valence electrons. The summed E-state index contributed by atoms with van der Waals surface area (Å²) in [5.74, 6) is 0.329. The molecule has 0 saturated carbocycles. The van der Waals surface area contributed by atoms with E-state index in [1.807, 2.05) is 19.1 Å². The number of benzene rings is 1. The zero-order valence-electron chi connectivity index (χ0n) is 11.6. The molecule has 16 heavy (non-hydrogen) atoms. The van der Waals surface area contributed by atoms with Crippen molar-refractivity contribution < 1.29 is 5.11 Å². The Kier molecular flexibility index (Phi) is 15.3. The minimum absolute atomic E-state index is 0.329. The molecule has 0 atom stereocenters. The third-order valence-corrected chi connectivity index (χ3v) is 2.03. The lowest BCUT2D eigenvalue weighted by Gasteiger charge is -1.89. The van der Waals surface area contributed by atoms with Crippen LogP contribution in [0.15, 0.2) is 24.3 Å². The Bertz CT molecular complexity index is 184. The Labute approximate surface area is 102 Å². The molecule has 1 aromatic carbocycles. The van der Waals surface area contributed by atoms with Crippen molar-refractivity contribution in [3.63, 3.8) is 0 Å². The van der Waals surface area contributed by atoms with Crippen molar-refractivity contribution in [2.45, 2.75) is 60.3 Å². The summed E-state index contributed by atoms with van der Waals surface area (Å²) < 4.78 is 0. The van der Waals surface area contributed by atoms with Crippen molar-refractivity contribution in [1.82, 2.24) is 0 Å². The number of unbranched alkanes of at least 4 members (excludes halogenated alkanes) is 2. The molecule has 0 unspecified atom stereocenters. The molecular formula is C15H28O. The van der Waals surface area contributed by atoms with Crippen molar-refractivity contribution in [2.24, 2.45) is 0 Å². The second-order valence-electron chi connectivity index (χ2n) is 3.84. The summed E-state index contributed by atoms with van der Waals surface area (Å²) >= 11 is 0. The van der Waals surface area contributed by atoms with Gasteiger partial charge in [-0.1, -0.05) is 71.1 Å². The fourth-order valence-corrected chi connectivity index (χ4v) is 0.545. The summed E-state index contributed by atoms with van der Waals surface area (Å²) in [7, 11) is 0. The summed E-state index contributed by atoms with van der Waals surface area (Å²) in [4.78, 5) is 0. The van der Waals surface area contributed by atoms with Gasteiger partial charge >= 0.3 is 0 Å². The van der Waals surface area contributed by atoms with E-state index in [4.69, 9.17) is 5.11 Å². The molecule has 0 aliphatic heterocycles. The number of hydrogen-bond donors (Lipinski definition) is 1. The van der Waals surface area contributed by atoms with Gasteiger partial charge in [0.1, 0.15) is 5.75 Å². The van der Waals surface area contributed by atoms with E-state index in [-0.39, 0.29) is 0 Å². The molecule has 0 amide bonds. The van der Waals surface area contributed by atoms with Crippen LogP contribution >= 0.6 is 0 Å². The van der Waals surface area contributed by atoms with Gasteiger partial charge in [-0.05, 0) is 19.1 Å². The van der Waals surface area contributed by atoms with E-state index in [1.54, 1.807) is 12.1 Å². The SMILES string of the molecule is CCCC.CCCC.Cc1ccc(O)cc1. The van der Waals surface area contributed by atoms with Gasteiger partial charge in [0.25, 0.3) is 0 Å². The van der Waals surface area contributed by atoms with Gasteiger partial charge in [-0.3, -0.25) is 0 Å². The topological polar surface area (TPSA) is 20.2 Å². The van der Waals surface area contributed by atoms with Gasteiger partial charge in [0.05, 0.1) is 0 Å². The first-order valence-electron chi connectivity index (χ1n) is 6.37. The zero-order chi connectivity index (χ0) is 12.8. The van der Waals surface area contributed by atoms with E-state index < -0.39 is 0 Å². The molecule has 0 fully saturated rings. The molecule has 0 saturated heterocycles. The number of aromatic hydroxyl groups is 1. The summed E-state index contributed by atoms with van der Waals surface area (Å²) in [5, 5.41) is 8.76. The van der Waals surface area contributed by atoms with Gasteiger partial charge in [-0.15, -0.1) is 0 Å². The molecule has 1 N–H and O–H groups in total. The van der Waals surface area contributed by atoms with E-state index >= 15 is 0 Å². The molecule has 1 rings (SSSR count). The van der Waals surface area contributed by atoms with Gasteiger partial charge in [0.15, 0.2) is 0 Å². The zero-order valence-corrected chi connectivity index (χ0v) is 11.6. The fraction of sp³-hybridized carbons (Fsp3) is 0.600. The van der Waals surface area contributed by atoms with Gasteiger partial charge in [0.2, 0.25) is 0 Å². The van der Waals surface area contributed by atoms with Crippen molar-refractivity contribution in [2.75, 3.05) is 0 Å². The van der Waals surface area contributed by atoms with Crippen LogP contribution in [0.1, 0.15) is 58.9 Å². The first kappa shape index (κ1) is 17.4. The molecule has 1 aromatic rings. The average Bonchev–Trinajstić information content (AvgIpc) is 2.33. The van der Waals surface area contributed by atoms with E-state index in [1.165, 1.54) is 31.2 Å². The van der Waals surface area contributed by atoms with Gasteiger partial charge in [0, 0.05) is 0 Å². The quantitative estimate of drug-likeness (QED) is 0.721. The van der Waals surface area contributed by atoms with Crippen LogP contribution in [0.25, 0.3) is 0 Å². The van der Waals surface area contributed by atoms with Crippen LogP contribution in [0.2, 0.25) is 0 Å². The lowest BCUT2D eigenvalue weighted by molar-refractivity contribution is 0.475. The maximum Gasteiger partial charge on any atom is 0.115 e. The molecule has 1 nitrogen and oxygen atoms in total. The predicted molar refractivity (Wildman–Crippen MR) is 74.0 cm³/mol.